The second-order valence-corrected chi connectivity index (χ2v) is 7.58. The fourth-order valence-electron chi connectivity index (χ4n) is 4.07. The SMILES string of the molecule is COC(=O)c1cc(C)c(N2C[C@@H](C(=O)c3ccccc3F)C[C@@H](C)C2=O)c(C)c1. The van der Waals surface area contributed by atoms with E-state index in [9.17, 15) is 18.8 Å². The Hall–Kier alpha value is -3.02. The Morgan fingerprint density at radius 3 is 2.34 bits per heavy atom. The summed E-state index contributed by atoms with van der Waals surface area (Å²) >= 11 is 0. The van der Waals surface area contributed by atoms with Gasteiger partial charge in [0.25, 0.3) is 0 Å². The molecule has 3 rings (SSSR count). The molecular weight excluding hydrogens is 373 g/mol. The molecule has 29 heavy (non-hydrogen) atoms. The molecule has 152 valence electrons. The number of carbonyl (C=O) groups excluding carboxylic acids is 3. The first-order valence-corrected chi connectivity index (χ1v) is 9.54. The summed E-state index contributed by atoms with van der Waals surface area (Å²) in [4.78, 5) is 39.4. The first kappa shape index (κ1) is 20.7. The normalized spacial score (nSPS) is 19.2. The number of hydrogen-bond acceptors (Lipinski definition) is 4. The van der Waals surface area contributed by atoms with E-state index in [1.54, 1.807) is 36.1 Å². The van der Waals surface area contributed by atoms with Crippen LogP contribution in [0.4, 0.5) is 10.1 Å². The molecular formula is C23H24FNO4. The monoisotopic (exact) mass is 397 g/mol. The van der Waals surface area contributed by atoms with Crippen LogP contribution in [0, 0.1) is 31.5 Å². The van der Waals surface area contributed by atoms with Gasteiger partial charge in [-0.3, -0.25) is 9.59 Å². The minimum Gasteiger partial charge on any atom is -0.465 e. The quantitative estimate of drug-likeness (QED) is 0.576. The standard InChI is InChI=1S/C23H24FNO4/c1-13-9-16(23(28)29-4)10-14(2)20(13)25-12-17(11-15(3)22(25)27)21(26)18-7-5-6-8-19(18)24/h5-10,15,17H,11-12H2,1-4H3/t15-,17+/m1/s1. The van der Waals surface area contributed by atoms with Gasteiger partial charge >= 0.3 is 5.97 Å². The molecule has 2 aromatic rings. The van der Waals surface area contributed by atoms with E-state index in [4.69, 9.17) is 4.74 Å². The highest BCUT2D eigenvalue weighted by Crippen LogP contribution is 2.34. The van der Waals surface area contributed by atoms with Crippen molar-refractivity contribution in [2.24, 2.45) is 11.8 Å². The molecule has 1 aliphatic rings. The highest BCUT2D eigenvalue weighted by molar-refractivity contribution is 6.03. The summed E-state index contributed by atoms with van der Waals surface area (Å²) in [5, 5.41) is 0. The number of benzene rings is 2. The predicted molar refractivity (Wildman–Crippen MR) is 108 cm³/mol. The minimum atomic E-state index is -0.552. The van der Waals surface area contributed by atoms with E-state index in [0.29, 0.717) is 17.7 Å². The van der Waals surface area contributed by atoms with E-state index in [0.717, 1.165) is 11.1 Å². The van der Waals surface area contributed by atoms with Crippen LogP contribution < -0.4 is 4.90 Å². The summed E-state index contributed by atoms with van der Waals surface area (Å²) < 4.78 is 18.9. The van der Waals surface area contributed by atoms with Crippen molar-refractivity contribution in [1.29, 1.82) is 0 Å². The Bertz CT molecular complexity index is 962. The number of esters is 1. The first-order valence-electron chi connectivity index (χ1n) is 9.54. The molecule has 2 atom stereocenters. The summed E-state index contributed by atoms with van der Waals surface area (Å²) in [7, 11) is 1.32. The number of anilines is 1. The molecule has 5 nitrogen and oxygen atoms in total. The molecule has 1 heterocycles. The average molecular weight is 397 g/mol. The van der Waals surface area contributed by atoms with Crippen molar-refractivity contribution in [2.45, 2.75) is 27.2 Å². The lowest BCUT2D eigenvalue weighted by Gasteiger charge is -2.37. The van der Waals surface area contributed by atoms with E-state index >= 15 is 0 Å². The van der Waals surface area contributed by atoms with Gasteiger partial charge in [0.15, 0.2) is 5.78 Å². The first-order chi connectivity index (χ1) is 13.7. The van der Waals surface area contributed by atoms with Crippen LogP contribution in [0.3, 0.4) is 0 Å². The van der Waals surface area contributed by atoms with Crippen molar-refractivity contribution in [3.63, 3.8) is 0 Å². The molecule has 0 radical (unpaired) electrons. The third kappa shape index (κ3) is 3.92. The third-order valence-corrected chi connectivity index (χ3v) is 5.42. The number of rotatable bonds is 4. The van der Waals surface area contributed by atoms with Crippen LogP contribution in [0.25, 0.3) is 0 Å². The van der Waals surface area contributed by atoms with E-state index in [-0.39, 0.29) is 29.7 Å². The minimum absolute atomic E-state index is 0.0495. The molecule has 1 fully saturated rings. The summed E-state index contributed by atoms with van der Waals surface area (Å²) in [5.74, 6) is -2.26. The number of amides is 1. The van der Waals surface area contributed by atoms with Crippen LogP contribution in [0.15, 0.2) is 36.4 Å². The number of nitrogens with zero attached hydrogens (tertiary/aromatic N) is 1. The largest absolute Gasteiger partial charge is 0.465 e. The zero-order valence-electron chi connectivity index (χ0n) is 17.0. The molecule has 0 spiro atoms. The van der Waals surface area contributed by atoms with Crippen molar-refractivity contribution < 1.29 is 23.5 Å². The smallest absolute Gasteiger partial charge is 0.337 e. The van der Waals surface area contributed by atoms with Gasteiger partial charge in [-0.2, -0.15) is 0 Å². The number of piperidine rings is 1. The zero-order valence-corrected chi connectivity index (χ0v) is 17.0. The molecule has 0 saturated carbocycles. The summed E-state index contributed by atoms with van der Waals surface area (Å²) in [6.45, 7) is 5.59. The van der Waals surface area contributed by atoms with Gasteiger partial charge in [0.1, 0.15) is 5.82 Å². The highest BCUT2D eigenvalue weighted by Gasteiger charge is 2.37. The van der Waals surface area contributed by atoms with Gasteiger partial charge in [-0.25, -0.2) is 9.18 Å². The lowest BCUT2D eigenvalue weighted by Crippen LogP contribution is -2.47. The van der Waals surface area contributed by atoms with Gasteiger partial charge in [-0.1, -0.05) is 19.1 Å². The molecule has 6 heteroatoms. The average Bonchev–Trinajstić information content (AvgIpc) is 2.69. The maximum absolute atomic E-state index is 14.1. The van der Waals surface area contributed by atoms with Crippen molar-refractivity contribution in [2.75, 3.05) is 18.6 Å². The molecule has 0 bridgehead atoms. The van der Waals surface area contributed by atoms with E-state index in [2.05, 4.69) is 0 Å². The number of halogens is 1. The van der Waals surface area contributed by atoms with Crippen molar-refractivity contribution in [3.05, 3.63) is 64.5 Å². The molecule has 0 aromatic heterocycles. The second-order valence-electron chi connectivity index (χ2n) is 7.58. The maximum Gasteiger partial charge on any atom is 0.337 e. The second kappa shape index (κ2) is 8.15. The van der Waals surface area contributed by atoms with E-state index in [1.807, 2.05) is 13.8 Å². The fraction of sp³-hybridized carbons (Fsp3) is 0.348. The Kier molecular flexibility index (Phi) is 5.82. The predicted octanol–water partition coefficient (Wildman–Crippen LogP) is 4.10. The van der Waals surface area contributed by atoms with Crippen LogP contribution in [0.5, 0.6) is 0 Å². The number of aryl methyl sites for hydroxylation is 2. The van der Waals surface area contributed by atoms with Crippen LogP contribution in [0.1, 0.15) is 45.2 Å². The Labute approximate surface area is 169 Å². The van der Waals surface area contributed by atoms with Gasteiger partial charge in [0.05, 0.1) is 18.2 Å². The van der Waals surface area contributed by atoms with Gasteiger partial charge in [-0.15, -0.1) is 0 Å². The van der Waals surface area contributed by atoms with Crippen molar-refractivity contribution in [1.82, 2.24) is 0 Å². The Morgan fingerprint density at radius 1 is 1.14 bits per heavy atom. The van der Waals surface area contributed by atoms with Gasteiger partial charge in [0, 0.05) is 24.1 Å². The number of Topliss-reactive ketones (excluding diaryl/α,β-unsaturated/α-hetero) is 1. The number of methoxy groups -OCH3 is 1. The van der Waals surface area contributed by atoms with Crippen LogP contribution >= 0.6 is 0 Å². The fourth-order valence-corrected chi connectivity index (χ4v) is 4.07. The molecule has 2 aromatic carbocycles. The van der Waals surface area contributed by atoms with E-state index in [1.165, 1.54) is 19.2 Å². The molecule has 1 amide bonds. The summed E-state index contributed by atoms with van der Waals surface area (Å²) in [6, 6.07) is 9.27. The van der Waals surface area contributed by atoms with Crippen molar-refractivity contribution in [3.8, 4) is 0 Å². The number of carbonyl (C=O) groups is 3. The topological polar surface area (TPSA) is 63.7 Å². The van der Waals surface area contributed by atoms with E-state index < -0.39 is 17.7 Å². The van der Waals surface area contributed by atoms with Crippen LogP contribution in [-0.2, 0) is 9.53 Å². The van der Waals surface area contributed by atoms with Gasteiger partial charge < -0.3 is 9.64 Å². The van der Waals surface area contributed by atoms with Crippen molar-refractivity contribution >= 4 is 23.3 Å². The van der Waals surface area contributed by atoms with Crippen LogP contribution in [0.2, 0.25) is 0 Å². The zero-order chi connectivity index (χ0) is 21.3. The summed E-state index contributed by atoms with van der Waals surface area (Å²) in [6.07, 6.45) is 0.376. The molecule has 1 aliphatic heterocycles. The van der Waals surface area contributed by atoms with Crippen LogP contribution in [-0.4, -0.2) is 31.3 Å². The number of ether oxygens (including phenoxy) is 1. The molecule has 0 N–H and O–H groups in total. The maximum atomic E-state index is 14.1. The van der Waals surface area contributed by atoms with Gasteiger partial charge in [-0.05, 0) is 55.7 Å². The number of hydrogen-bond donors (Lipinski definition) is 0. The highest BCUT2D eigenvalue weighted by atomic mass is 19.1. The Balaban J connectivity index is 1.97. The number of ketones is 1. The lowest BCUT2D eigenvalue weighted by molar-refractivity contribution is -0.123. The summed E-state index contributed by atoms with van der Waals surface area (Å²) in [5.41, 5.74) is 2.62. The van der Waals surface area contributed by atoms with Gasteiger partial charge in [0.2, 0.25) is 5.91 Å². The third-order valence-electron chi connectivity index (χ3n) is 5.42. The molecule has 0 unspecified atom stereocenters. The lowest BCUT2D eigenvalue weighted by atomic mass is 9.83. The molecule has 1 saturated heterocycles. The Morgan fingerprint density at radius 2 is 1.76 bits per heavy atom. The molecule has 0 aliphatic carbocycles.